The molecule has 6 nitrogen and oxygen atoms in total. The van der Waals surface area contributed by atoms with Crippen molar-refractivity contribution in [3.05, 3.63) is 46.9 Å². The van der Waals surface area contributed by atoms with Crippen molar-refractivity contribution < 1.29 is 13.2 Å². The third-order valence-corrected chi connectivity index (χ3v) is 5.50. The molecule has 0 unspecified atom stereocenters. The van der Waals surface area contributed by atoms with Gasteiger partial charge >= 0.3 is 0 Å². The molecule has 0 aliphatic carbocycles. The van der Waals surface area contributed by atoms with Gasteiger partial charge in [-0.3, -0.25) is 9.59 Å². The van der Waals surface area contributed by atoms with Gasteiger partial charge in [0, 0.05) is 24.7 Å². The summed E-state index contributed by atoms with van der Waals surface area (Å²) in [6.07, 6.45) is 1.60. The van der Waals surface area contributed by atoms with Crippen molar-refractivity contribution in [1.29, 1.82) is 0 Å². The lowest BCUT2D eigenvalue weighted by molar-refractivity contribution is -0.131. The number of sulfone groups is 1. The number of hydrogen-bond donors (Lipinski definition) is 0. The fourth-order valence-corrected chi connectivity index (χ4v) is 3.76. The minimum Gasteiger partial charge on any atom is -0.339 e. The number of carbonyl (C=O) groups is 1. The highest BCUT2D eigenvalue weighted by atomic mass is 32.2. The summed E-state index contributed by atoms with van der Waals surface area (Å²) in [6.45, 7) is 0.330. The van der Waals surface area contributed by atoms with Crippen LogP contribution < -0.4 is 5.56 Å². The zero-order valence-corrected chi connectivity index (χ0v) is 12.8. The van der Waals surface area contributed by atoms with E-state index in [-0.39, 0.29) is 42.6 Å². The monoisotopic (exact) mass is 320 g/mol. The summed E-state index contributed by atoms with van der Waals surface area (Å²) in [5.41, 5.74) is -0.212. The number of amides is 1. The van der Waals surface area contributed by atoms with Gasteiger partial charge in [-0.2, -0.15) is 0 Å². The molecule has 116 valence electrons. The summed E-state index contributed by atoms with van der Waals surface area (Å²) in [6, 6.07) is 9.01. The first-order valence-corrected chi connectivity index (χ1v) is 8.85. The molecule has 0 N–H and O–H groups in total. The average Bonchev–Trinajstić information content (AvgIpc) is 2.50. The van der Waals surface area contributed by atoms with Crippen LogP contribution in [0.5, 0.6) is 0 Å². The second-order valence-corrected chi connectivity index (χ2v) is 7.67. The molecule has 0 saturated carbocycles. The van der Waals surface area contributed by atoms with E-state index in [1.807, 2.05) is 12.1 Å². The number of pyridine rings is 1. The van der Waals surface area contributed by atoms with Crippen LogP contribution in [-0.4, -0.2) is 48.4 Å². The van der Waals surface area contributed by atoms with Crippen LogP contribution in [0.3, 0.4) is 0 Å². The summed E-state index contributed by atoms with van der Waals surface area (Å²) in [5, 5.41) is 1.40. The maximum atomic E-state index is 12.3. The predicted molar refractivity (Wildman–Crippen MR) is 83.4 cm³/mol. The quantitative estimate of drug-likeness (QED) is 0.795. The van der Waals surface area contributed by atoms with Crippen molar-refractivity contribution in [3.8, 4) is 0 Å². The number of aromatic nitrogens is 1. The highest BCUT2D eigenvalue weighted by Crippen LogP contribution is 2.09. The summed E-state index contributed by atoms with van der Waals surface area (Å²) in [4.78, 5) is 26.1. The molecule has 0 spiro atoms. The van der Waals surface area contributed by atoms with E-state index in [2.05, 4.69) is 0 Å². The van der Waals surface area contributed by atoms with E-state index in [1.165, 1.54) is 9.47 Å². The molecule has 1 aliphatic heterocycles. The first kappa shape index (κ1) is 14.8. The van der Waals surface area contributed by atoms with Gasteiger partial charge in [-0.15, -0.1) is 0 Å². The topological polar surface area (TPSA) is 76.5 Å². The SMILES string of the molecule is O=C(Cn1ccc2ccccc2c1=O)N1CCS(=O)(=O)CC1. The molecular formula is C15H16N2O4S. The number of fused-ring (bicyclic) bond motifs is 1. The number of rotatable bonds is 2. The Hall–Kier alpha value is -2.15. The molecule has 1 saturated heterocycles. The summed E-state index contributed by atoms with van der Waals surface area (Å²) in [7, 11) is -3.02. The molecule has 1 amide bonds. The van der Waals surface area contributed by atoms with Crippen LogP contribution in [0.25, 0.3) is 10.8 Å². The van der Waals surface area contributed by atoms with Gasteiger partial charge < -0.3 is 9.47 Å². The molecule has 7 heteroatoms. The van der Waals surface area contributed by atoms with Gasteiger partial charge in [-0.25, -0.2) is 8.42 Å². The van der Waals surface area contributed by atoms with Crippen molar-refractivity contribution in [3.63, 3.8) is 0 Å². The van der Waals surface area contributed by atoms with E-state index >= 15 is 0 Å². The molecule has 22 heavy (non-hydrogen) atoms. The molecule has 2 heterocycles. The first-order chi connectivity index (χ1) is 10.5. The maximum Gasteiger partial charge on any atom is 0.258 e. The van der Waals surface area contributed by atoms with Gasteiger partial charge in [0.05, 0.1) is 11.5 Å². The Labute approximate surface area is 127 Å². The van der Waals surface area contributed by atoms with Crippen LogP contribution in [0.4, 0.5) is 0 Å². The molecule has 0 bridgehead atoms. The average molecular weight is 320 g/mol. The molecule has 0 radical (unpaired) electrons. The largest absolute Gasteiger partial charge is 0.339 e. The van der Waals surface area contributed by atoms with E-state index in [4.69, 9.17) is 0 Å². The highest BCUT2D eigenvalue weighted by molar-refractivity contribution is 7.91. The lowest BCUT2D eigenvalue weighted by Crippen LogP contribution is -2.45. The normalized spacial score (nSPS) is 17.5. The number of carbonyl (C=O) groups excluding carboxylic acids is 1. The molecular weight excluding hydrogens is 304 g/mol. The fourth-order valence-electron chi connectivity index (χ4n) is 2.56. The number of nitrogens with zero attached hydrogens (tertiary/aromatic N) is 2. The van der Waals surface area contributed by atoms with Crippen molar-refractivity contribution in [2.24, 2.45) is 0 Å². The molecule has 1 fully saturated rings. The molecule has 0 atom stereocenters. The molecule has 3 rings (SSSR count). The van der Waals surface area contributed by atoms with Crippen molar-refractivity contribution >= 4 is 26.5 Å². The zero-order valence-electron chi connectivity index (χ0n) is 11.9. The van der Waals surface area contributed by atoms with Crippen molar-refractivity contribution in [2.75, 3.05) is 24.6 Å². The molecule has 1 aliphatic rings. The Bertz CT molecular complexity index is 872. The zero-order chi connectivity index (χ0) is 15.7. The maximum absolute atomic E-state index is 12.3. The van der Waals surface area contributed by atoms with Gasteiger partial charge in [-0.05, 0) is 17.5 Å². The molecule has 2 aromatic rings. The fraction of sp³-hybridized carbons (Fsp3) is 0.333. The Morgan fingerprint density at radius 1 is 1.09 bits per heavy atom. The van der Waals surface area contributed by atoms with E-state index in [9.17, 15) is 18.0 Å². The van der Waals surface area contributed by atoms with Gasteiger partial charge in [0.1, 0.15) is 6.54 Å². The summed E-state index contributed by atoms with van der Waals surface area (Å²) < 4.78 is 24.1. The lowest BCUT2D eigenvalue weighted by atomic mass is 10.2. The van der Waals surface area contributed by atoms with Crippen LogP contribution in [-0.2, 0) is 21.2 Å². The van der Waals surface area contributed by atoms with E-state index in [1.54, 1.807) is 24.4 Å². The Morgan fingerprint density at radius 2 is 1.77 bits per heavy atom. The molecule has 1 aromatic carbocycles. The van der Waals surface area contributed by atoms with Crippen LogP contribution >= 0.6 is 0 Å². The predicted octanol–water partition coefficient (Wildman–Crippen LogP) is 0.259. The standard InChI is InChI=1S/C15H16N2O4S/c18-14(16-7-9-22(20,21)10-8-16)11-17-6-5-12-3-1-2-4-13(12)15(17)19/h1-6H,7-11H2. The number of benzene rings is 1. The van der Waals surface area contributed by atoms with Gasteiger partial charge in [0.25, 0.3) is 5.56 Å². The van der Waals surface area contributed by atoms with Crippen LogP contribution in [0.15, 0.2) is 41.3 Å². The molecule has 1 aromatic heterocycles. The number of hydrogen-bond acceptors (Lipinski definition) is 4. The summed E-state index contributed by atoms with van der Waals surface area (Å²) >= 11 is 0. The van der Waals surface area contributed by atoms with Gasteiger partial charge in [0.15, 0.2) is 9.84 Å². The third kappa shape index (κ3) is 2.89. The lowest BCUT2D eigenvalue weighted by Gasteiger charge is -2.27. The van der Waals surface area contributed by atoms with E-state index in [0.29, 0.717) is 5.39 Å². The van der Waals surface area contributed by atoms with Crippen LogP contribution in [0.2, 0.25) is 0 Å². The van der Waals surface area contributed by atoms with Crippen LogP contribution in [0.1, 0.15) is 0 Å². The first-order valence-electron chi connectivity index (χ1n) is 7.03. The van der Waals surface area contributed by atoms with E-state index in [0.717, 1.165) is 5.39 Å². The van der Waals surface area contributed by atoms with Crippen molar-refractivity contribution in [2.45, 2.75) is 6.54 Å². The minimum absolute atomic E-state index is 0.00857. The Morgan fingerprint density at radius 3 is 2.50 bits per heavy atom. The van der Waals surface area contributed by atoms with Gasteiger partial charge in [-0.1, -0.05) is 18.2 Å². The Balaban J connectivity index is 1.80. The second-order valence-electron chi connectivity index (χ2n) is 5.37. The smallest absolute Gasteiger partial charge is 0.258 e. The second kappa shape index (κ2) is 5.57. The minimum atomic E-state index is -3.02. The third-order valence-electron chi connectivity index (χ3n) is 3.89. The van der Waals surface area contributed by atoms with E-state index < -0.39 is 9.84 Å². The van der Waals surface area contributed by atoms with Gasteiger partial charge in [0.2, 0.25) is 5.91 Å². The van der Waals surface area contributed by atoms with Crippen LogP contribution in [0, 0.1) is 0 Å². The van der Waals surface area contributed by atoms with Crippen molar-refractivity contribution in [1.82, 2.24) is 9.47 Å². The summed E-state index contributed by atoms with van der Waals surface area (Å²) in [5.74, 6) is -0.247. The highest BCUT2D eigenvalue weighted by Gasteiger charge is 2.25. The Kier molecular flexibility index (Phi) is 3.74.